The largest absolute Gasteiger partial charge is 0.334 e. The number of urea groups is 1. The standard InChI is InChI=1S/C16H17N3O3S/c17-23(21,22)15-8-6-14(7-9-15)12-19-16(20)18-11-10-13-4-2-1-3-5-13/h1-11H,12H2,(H2,17,21,22)(H2,18,19,20). The lowest BCUT2D eigenvalue weighted by molar-refractivity contribution is 0.244. The van der Waals surface area contributed by atoms with E-state index in [0.717, 1.165) is 11.1 Å². The Morgan fingerprint density at radius 2 is 1.70 bits per heavy atom. The van der Waals surface area contributed by atoms with E-state index in [2.05, 4.69) is 10.6 Å². The average molecular weight is 331 g/mol. The number of rotatable bonds is 5. The molecule has 0 unspecified atom stereocenters. The van der Waals surface area contributed by atoms with Gasteiger partial charge in [0.25, 0.3) is 0 Å². The number of primary sulfonamides is 1. The Morgan fingerprint density at radius 3 is 2.30 bits per heavy atom. The Bertz CT molecular complexity index is 785. The molecule has 7 heteroatoms. The average Bonchev–Trinajstić information content (AvgIpc) is 2.53. The van der Waals surface area contributed by atoms with Crippen LogP contribution in [0.1, 0.15) is 11.1 Å². The van der Waals surface area contributed by atoms with Crippen LogP contribution in [0.2, 0.25) is 0 Å². The summed E-state index contributed by atoms with van der Waals surface area (Å²) >= 11 is 0. The van der Waals surface area contributed by atoms with Crippen molar-refractivity contribution in [2.24, 2.45) is 5.14 Å². The van der Waals surface area contributed by atoms with E-state index in [1.807, 2.05) is 30.3 Å². The summed E-state index contributed by atoms with van der Waals surface area (Å²) < 4.78 is 22.3. The molecule has 0 spiro atoms. The number of carbonyl (C=O) groups is 1. The summed E-state index contributed by atoms with van der Waals surface area (Å²) in [6.45, 7) is 0.274. The van der Waals surface area contributed by atoms with Gasteiger partial charge in [-0.15, -0.1) is 0 Å². The molecule has 0 radical (unpaired) electrons. The molecule has 0 aliphatic carbocycles. The van der Waals surface area contributed by atoms with Crippen LogP contribution in [0, 0.1) is 0 Å². The number of amides is 2. The SMILES string of the molecule is NS(=O)(=O)c1ccc(CNC(=O)NC=Cc2ccccc2)cc1. The van der Waals surface area contributed by atoms with E-state index in [1.165, 1.54) is 12.1 Å². The van der Waals surface area contributed by atoms with Crippen LogP contribution < -0.4 is 15.8 Å². The third-order valence-electron chi connectivity index (χ3n) is 2.99. The second-order valence-corrected chi connectivity index (χ2v) is 6.32. The van der Waals surface area contributed by atoms with Gasteiger partial charge in [-0.05, 0) is 29.3 Å². The Hall–Kier alpha value is -2.64. The number of hydrogen-bond acceptors (Lipinski definition) is 3. The van der Waals surface area contributed by atoms with Crippen molar-refractivity contribution in [3.63, 3.8) is 0 Å². The zero-order chi connectivity index (χ0) is 16.7. The molecule has 2 aromatic rings. The molecule has 4 N–H and O–H groups in total. The van der Waals surface area contributed by atoms with Gasteiger partial charge >= 0.3 is 6.03 Å². The summed E-state index contributed by atoms with van der Waals surface area (Å²) in [6, 6.07) is 15.2. The van der Waals surface area contributed by atoms with Crippen molar-refractivity contribution in [3.05, 3.63) is 71.9 Å². The van der Waals surface area contributed by atoms with E-state index in [4.69, 9.17) is 5.14 Å². The third-order valence-corrected chi connectivity index (χ3v) is 3.92. The van der Waals surface area contributed by atoms with Crippen molar-refractivity contribution in [1.29, 1.82) is 0 Å². The second kappa shape index (κ2) is 7.57. The van der Waals surface area contributed by atoms with Crippen molar-refractivity contribution < 1.29 is 13.2 Å². The number of nitrogens with one attached hydrogen (secondary N) is 2. The van der Waals surface area contributed by atoms with E-state index in [0.29, 0.717) is 0 Å². The first-order chi connectivity index (χ1) is 10.9. The molecule has 0 bridgehead atoms. The Morgan fingerprint density at radius 1 is 1.04 bits per heavy atom. The number of sulfonamides is 1. The molecule has 0 saturated heterocycles. The zero-order valence-electron chi connectivity index (χ0n) is 12.3. The van der Waals surface area contributed by atoms with E-state index in [1.54, 1.807) is 24.4 Å². The molecule has 0 aliphatic rings. The highest BCUT2D eigenvalue weighted by molar-refractivity contribution is 7.89. The smallest absolute Gasteiger partial charge is 0.319 e. The van der Waals surface area contributed by atoms with Gasteiger partial charge in [0, 0.05) is 12.7 Å². The van der Waals surface area contributed by atoms with Gasteiger partial charge in [0.05, 0.1) is 4.90 Å². The van der Waals surface area contributed by atoms with E-state index in [9.17, 15) is 13.2 Å². The summed E-state index contributed by atoms with van der Waals surface area (Å²) in [7, 11) is -3.70. The molecule has 2 aromatic carbocycles. The number of carbonyl (C=O) groups excluding carboxylic acids is 1. The summed E-state index contributed by atoms with van der Waals surface area (Å²) in [4.78, 5) is 11.7. The van der Waals surface area contributed by atoms with Gasteiger partial charge in [0.15, 0.2) is 0 Å². The van der Waals surface area contributed by atoms with E-state index in [-0.39, 0.29) is 17.5 Å². The predicted octanol–water partition coefficient (Wildman–Crippen LogP) is 1.80. The number of benzene rings is 2. The maximum atomic E-state index is 11.6. The van der Waals surface area contributed by atoms with E-state index >= 15 is 0 Å². The lowest BCUT2D eigenvalue weighted by Gasteiger charge is -2.05. The van der Waals surface area contributed by atoms with Crippen molar-refractivity contribution in [1.82, 2.24) is 10.6 Å². The van der Waals surface area contributed by atoms with Crippen LogP contribution in [0.5, 0.6) is 0 Å². The molecular formula is C16H17N3O3S. The van der Waals surface area contributed by atoms with Crippen molar-refractivity contribution >= 4 is 22.1 Å². The van der Waals surface area contributed by atoms with Gasteiger partial charge in [-0.1, -0.05) is 42.5 Å². The summed E-state index contributed by atoms with van der Waals surface area (Å²) in [5.74, 6) is 0. The van der Waals surface area contributed by atoms with Gasteiger partial charge in [-0.2, -0.15) is 0 Å². The van der Waals surface area contributed by atoms with Crippen molar-refractivity contribution in [2.45, 2.75) is 11.4 Å². The minimum Gasteiger partial charge on any atom is -0.334 e. The third kappa shape index (κ3) is 5.57. The fourth-order valence-corrected chi connectivity index (χ4v) is 2.32. The Labute approximate surface area is 135 Å². The van der Waals surface area contributed by atoms with Crippen LogP contribution in [0.25, 0.3) is 6.08 Å². The molecule has 2 amide bonds. The maximum Gasteiger partial charge on any atom is 0.319 e. The van der Waals surface area contributed by atoms with Gasteiger partial charge < -0.3 is 10.6 Å². The summed E-state index contributed by atoms with van der Waals surface area (Å²) in [5, 5.41) is 10.3. The van der Waals surface area contributed by atoms with Crippen LogP contribution in [-0.2, 0) is 16.6 Å². The first-order valence-electron chi connectivity index (χ1n) is 6.83. The fraction of sp³-hybridized carbons (Fsp3) is 0.0625. The monoisotopic (exact) mass is 331 g/mol. The molecule has 0 atom stereocenters. The lowest BCUT2D eigenvalue weighted by atomic mass is 10.2. The highest BCUT2D eigenvalue weighted by atomic mass is 32.2. The molecular weight excluding hydrogens is 314 g/mol. The Kier molecular flexibility index (Phi) is 5.51. The topological polar surface area (TPSA) is 101 Å². The van der Waals surface area contributed by atoms with Gasteiger partial charge in [0.2, 0.25) is 10.0 Å². The molecule has 120 valence electrons. The molecule has 0 fully saturated rings. The molecule has 23 heavy (non-hydrogen) atoms. The molecule has 0 saturated carbocycles. The zero-order valence-corrected chi connectivity index (χ0v) is 13.1. The fourth-order valence-electron chi connectivity index (χ4n) is 1.81. The van der Waals surface area contributed by atoms with Crippen molar-refractivity contribution in [3.8, 4) is 0 Å². The van der Waals surface area contributed by atoms with Crippen molar-refractivity contribution in [2.75, 3.05) is 0 Å². The van der Waals surface area contributed by atoms with Crippen LogP contribution in [0.15, 0.2) is 65.7 Å². The normalized spacial score (nSPS) is 11.3. The maximum absolute atomic E-state index is 11.6. The number of hydrogen-bond donors (Lipinski definition) is 3. The molecule has 0 aliphatic heterocycles. The minimum atomic E-state index is -3.70. The first-order valence-corrected chi connectivity index (χ1v) is 8.37. The lowest BCUT2D eigenvalue weighted by Crippen LogP contribution is -2.31. The molecule has 0 heterocycles. The number of nitrogens with two attached hydrogens (primary N) is 1. The molecule has 0 aromatic heterocycles. The summed E-state index contributed by atoms with van der Waals surface area (Å²) in [6.07, 6.45) is 3.33. The van der Waals surface area contributed by atoms with Gasteiger partial charge in [0.1, 0.15) is 0 Å². The summed E-state index contributed by atoms with van der Waals surface area (Å²) in [5.41, 5.74) is 1.74. The van der Waals surface area contributed by atoms with Gasteiger partial charge in [-0.3, -0.25) is 0 Å². The predicted molar refractivity (Wildman–Crippen MR) is 88.7 cm³/mol. The Balaban J connectivity index is 1.81. The van der Waals surface area contributed by atoms with E-state index < -0.39 is 10.0 Å². The minimum absolute atomic E-state index is 0.0384. The highest BCUT2D eigenvalue weighted by Gasteiger charge is 2.06. The quantitative estimate of drug-likeness (QED) is 0.778. The van der Waals surface area contributed by atoms with Crippen LogP contribution in [-0.4, -0.2) is 14.4 Å². The first kappa shape index (κ1) is 16.7. The highest BCUT2D eigenvalue weighted by Crippen LogP contribution is 2.08. The second-order valence-electron chi connectivity index (χ2n) is 4.76. The molecule has 6 nitrogen and oxygen atoms in total. The van der Waals surface area contributed by atoms with Crippen LogP contribution >= 0.6 is 0 Å². The van der Waals surface area contributed by atoms with Crippen LogP contribution in [0.4, 0.5) is 4.79 Å². The van der Waals surface area contributed by atoms with Crippen LogP contribution in [0.3, 0.4) is 0 Å². The molecule has 2 rings (SSSR count). The van der Waals surface area contributed by atoms with Gasteiger partial charge in [-0.25, -0.2) is 18.4 Å².